The molecule has 0 aliphatic rings. The molecule has 0 aliphatic heterocycles. The number of anilines is 1. The van der Waals surface area contributed by atoms with Crippen LogP contribution in [0, 0.1) is 0 Å². The first-order valence-corrected chi connectivity index (χ1v) is 8.95. The van der Waals surface area contributed by atoms with E-state index in [1.807, 2.05) is 13.8 Å². The molecular formula is C20H24ClNO4. The van der Waals surface area contributed by atoms with Gasteiger partial charge in [0.2, 0.25) is 0 Å². The van der Waals surface area contributed by atoms with Crippen molar-refractivity contribution in [1.82, 2.24) is 0 Å². The van der Waals surface area contributed by atoms with Gasteiger partial charge >= 0.3 is 0 Å². The number of carbonyl (C=O) groups excluding carboxylic acids is 1. The van der Waals surface area contributed by atoms with Gasteiger partial charge in [-0.25, -0.2) is 0 Å². The summed E-state index contributed by atoms with van der Waals surface area (Å²) < 4.78 is 16.3. The van der Waals surface area contributed by atoms with Gasteiger partial charge in [0, 0.05) is 23.4 Å². The molecule has 5 nitrogen and oxygen atoms in total. The Morgan fingerprint density at radius 2 is 1.88 bits per heavy atom. The second kappa shape index (κ2) is 10.0. The van der Waals surface area contributed by atoms with Gasteiger partial charge in [0.05, 0.1) is 25.3 Å². The van der Waals surface area contributed by atoms with E-state index in [1.165, 1.54) is 0 Å². The highest BCUT2D eigenvalue weighted by molar-refractivity contribution is 6.32. The number of hydrogen-bond acceptors (Lipinski definition) is 4. The van der Waals surface area contributed by atoms with E-state index in [1.54, 1.807) is 43.5 Å². The molecule has 0 saturated carbocycles. The molecular weight excluding hydrogens is 354 g/mol. The van der Waals surface area contributed by atoms with E-state index in [0.717, 1.165) is 17.7 Å². The minimum Gasteiger partial charge on any atom is -0.495 e. The largest absolute Gasteiger partial charge is 0.495 e. The van der Waals surface area contributed by atoms with E-state index < -0.39 is 0 Å². The Balaban J connectivity index is 2.16. The summed E-state index contributed by atoms with van der Waals surface area (Å²) in [5.41, 5.74) is 1.97. The van der Waals surface area contributed by atoms with Gasteiger partial charge in [0.1, 0.15) is 11.5 Å². The molecule has 6 heteroatoms. The average Bonchev–Trinajstić information content (AvgIpc) is 2.63. The lowest BCUT2D eigenvalue weighted by molar-refractivity contribution is 0.102. The van der Waals surface area contributed by atoms with E-state index in [0.29, 0.717) is 41.8 Å². The molecule has 26 heavy (non-hydrogen) atoms. The van der Waals surface area contributed by atoms with Crippen LogP contribution in [0.2, 0.25) is 5.02 Å². The minimum absolute atomic E-state index is 0.231. The van der Waals surface area contributed by atoms with E-state index in [4.69, 9.17) is 25.8 Å². The lowest BCUT2D eigenvalue weighted by atomic mass is 10.1. The molecule has 0 fully saturated rings. The van der Waals surface area contributed by atoms with Gasteiger partial charge in [-0.3, -0.25) is 4.79 Å². The Labute approximate surface area is 159 Å². The number of methoxy groups -OCH3 is 1. The van der Waals surface area contributed by atoms with Crippen molar-refractivity contribution >= 4 is 23.2 Å². The van der Waals surface area contributed by atoms with Crippen molar-refractivity contribution in [3.05, 3.63) is 52.5 Å². The van der Waals surface area contributed by atoms with Crippen LogP contribution in [0.4, 0.5) is 5.69 Å². The van der Waals surface area contributed by atoms with E-state index in [2.05, 4.69) is 5.32 Å². The van der Waals surface area contributed by atoms with Crippen LogP contribution in [0.25, 0.3) is 0 Å². The lowest BCUT2D eigenvalue weighted by Crippen LogP contribution is -2.13. The van der Waals surface area contributed by atoms with Crippen molar-refractivity contribution in [2.24, 2.45) is 0 Å². The fourth-order valence-corrected chi connectivity index (χ4v) is 2.66. The highest BCUT2D eigenvalue weighted by Gasteiger charge is 2.12. The van der Waals surface area contributed by atoms with Gasteiger partial charge < -0.3 is 19.5 Å². The monoisotopic (exact) mass is 377 g/mol. The Morgan fingerprint density at radius 1 is 1.12 bits per heavy atom. The number of amides is 1. The minimum atomic E-state index is -0.231. The zero-order valence-corrected chi connectivity index (χ0v) is 16.1. The molecule has 140 valence electrons. The Bertz CT molecular complexity index is 749. The van der Waals surface area contributed by atoms with Crippen molar-refractivity contribution in [2.45, 2.75) is 26.9 Å². The molecule has 1 N–H and O–H groups in total. The number of nitrogens with one attached hydrogen (secondary N) is 1. The number of ether oxygens (including phenoxy) is 3. The molecule has 0 radical (unpaired) electrons. The summed E-state index contributed by atoms with van der Waals surface area (Å²) in [6, 6.07) is 10.4. The van der Waals surface area contributed by atoms with Gasteiger partial charge in [-0.1, -0.05) is 18.5 Å². The van der Waals surface area contributed by atoms with Crippen LogP contribution in [0.15, 0.2) is 36.4 Å². The van der Waals surface area contributed by atoms with Crippen molar-refractivity contribution in [3.8, 4) is 11.5 Å². The van der Waals surface area contributed by atoms with Crippen molar-refractivity contribution < 1.29 is 19.0 Å². The average molecular weight is 378 g/mol. The van der Waals surface area contributed by atoms with Crippen LogP contribution in [-0.2, 0) is 11.3 Å². The van der Waals surface area contributed by atoms with Gasteiger partial charge in [-0.15, -0.1) is 0 Å². The maximum atomic E-state index is 12.6. The highest BCUT2D eigenvalue weighted by Crippen LogP contribution is 2.28. The molecule has 2 aromatic carbocycles. The van der Waals surface area contributed by atoms with Crippen LogP contribution in [0.1, 0.15) is 36.2 Å². The summed E-state index contributed by atoms with van der Waals surface area (Å²) in [4.78, 5) is 12.6. The summed E-state index contributed by atoms with van der Waals surface area (Å²) in [5.74, 6) is 1.06. The molecule has 0 aromatic heterocycles. The fourth-order valence-electron chi connectivity index (χ4n) is 2.40. The summed E-state index contributed by atoms with van der Waals surface area (Å²) in [5, 5.41) is 3.27. The molecule has 0 unspecified atom stereocenters. The van der Waals surface area contributed by atoms with Gasteiger partial charge in [-0.05, 0) is 49.7 Å². The normalized spacial score (nSPS) is 10.5. The number of hydrogen-bond donors (Lipinski definition) is 1. The second-order valence-corrected chi connectivity index (χ2v) is 6.02. The van der Waals surface area contributed by atoms with Crippen molar-refractivity contribution in [1.29, 1.82) is 0 Å². The third-order valence-electron chi connectivity index (χ3n) is 3.64. The fraction of sp³-hybridized carbons (Fsp3) is 0.350. The topological polar surface area (TPSA) is 56.8 Å². The quantitative estimate of drug-likeness (QED) is 0.630. The van der Waals surface area contributed by atoms with Crippen molar-refractivity contribution in [3.63, 3.8) is 0 Å². The second-order valence-electron chi connectivity index (χ2n) is 5.61. The predicted molar refractivity (Wildman–Crippen MR) is 104 cm³/mol. The summed E-state index contributed by atoms with van der Waals surface area (Å²) in [6.45, 7) is 5.58. The highest BCUT2D eigenvalue weighted by atomic mass is 35.5. The molecule has 0 spiro atoms. The third-order valence-corrected chi connectivity index (χ3v) is 3.93. The first-order chi connectivity index (χ1) is 12.6. The molecule has 0 bridgehead atoms. The Hall–Kier alpha value is -2.24. The molecule has 0 saturated heterocycles. The predicted octanol–water partition coefficient (Wildman–Crippen LogP) is 4.93. The number of halogens is 1. The molecule has 1 amide bonds. The first kappa shape index (κ1) is 20.1. The SMILES string of the molecule is CCCOCc1cc(C(=O)Nc2ccc(OC)c(Cl)c2)ccc1OCC. The van der Waals surface area contributed by atoms with E-state index >= 15 is 0 Å². The molecule has 0 atom stereocenters. The van der Waals surface area contributed by atoms with E-state index in [9.17, 15) is 4.79 Å². The summed E-state index contributed by atoms with van der Waals surface area (Å²) in [7, 11) is 1.54. The maximum absolute atomic E-state index is 12.6. The number of rotatable bonds is 9. The summed E-state index contributed by atoms with van der Waals surface area (Å²) >= 11 is 6.10. The molecule has 0 aliphatic carbocycles. The van der Waals surface area contributed by atoms with Gasteiger partial charge in [-0.2, -0.15) is 0 Å². The van der Waals surface area contributed by atoms with Crippen LogP contribution in [0.5, 0.6) is 11.5 Å². The van der Waals surface area contributed by atoms with E-state index in [-0.39, 0.29) is 5.91 Å². The van der Waals surface area contributed by atoms with Gasteiger partial charge in [0.15, 0.2) is 0 Å². The smallest absolute Gasteiger partial charge is 0.255 e. The maximum Gasteiger partial charge on any atom is 0.255 e. The zero-order chi connectivity index (χ0) is 18.9. The Morgan fingerprint density at radius 3 is 2.54 bits per heavy atom. The zero-order valence-electron chi connectivity index (χ0n) is 15.3. The standard InChI is InChI=1S/C20H24ClNO4/c1-4-10-25-13-15-11-14(6-8-18(15)26-5-2)20(23)22-16-7-9-19(24-3)17(21)12-16/h6-9,11-12H,4-5,10,13H2,1-3H3,(H,22,23). The Kier molecular flexibility index (Phi) is 7.75. The molecule has 2 rings (SSSR count). The van der Waals surface area contributed by atoms with Crippen LogP contribution in [0.3, 0.4) is 0 Å². The molecule has 2 aromatic rings. The van der Waals surface area contributed by atoms with Gasteiger partial charge in [0.25, 0.3) is 5.91 Å². The number of carbonyl (C=O) groups is 1. The van der Waals surface area contributed by atoms with Crippen molar-refractivity contribution in [2.75, 3.05) is 25.6 Å². The summed E-state index contributed by atoms with van der Waals surface area (Å²) in [6.07, 6.45) is 0.933. The van der Waals surface area contributed by atoms with Crippen LogP contribution in [-0.4, -0.2) is 26.2 Å². The number of benzene rings is 2. The first-order valence-electron chi connectivity index (χ1n) is 8.57. The van der Waals surface area contributed by atoms with Crippen LogP contribution < -0.4 is 14.8 Å². The third kappa shape index (κ3) is 5.38. The van der Waals surface area contributed by atoms with Crippen LogP contribution >= 0.6 is 11.6 Å². The lowest BCUT2D eigenvalue weighted by Gasteiger charge is -2.13. The molecule has 0 heterocycles.